The Bertz CT molecular complexity index is 1010. The number of fused-ring (bicyclic) bond motifs is 1. The minimum absolute atomic E-state index is 0.127. The van der Waals surface area contributed by atoms with Crippen LogP contribution in [0.3, 0.4) is 0 Å². The van der Waals surface area contributed by atoms with Crippen molar-refractivity contribution in [2.24, 2.45) is 0 Å². The first kappa shape index (κ1) is 20.8. The summed E-state index contributed by atoms with van der Waals surface area (Å²) in [6.07, 6.45) is -4.58. The van der Waals surface area contributed by atoms with Crippen molar-refractivity contribution >= 4 is 21.7 Å². The number of carbonyl (C=O) groups excluding carboxylic acids is 1. The molecule has 1 aliphatic rings. The summed E-state index contributed by atoms with van der Waals surface area (Å²) >= 11 is 0. The summed E-state index contributed by atoms with van der Waals surface area (Å²) in [7, 11) is -3.25. The van der Waals surface area contributed by atoms with E-state index in [-0.39, 0.29) is 22.9 Å². The van der Waals surface area contributed by atoms with Crippen molar-refractivity contribution in [3.05, 3.63) is 48.0 Å². The fraction of sp³-hybridized carbons (Fsp3) is 0.278. The first-order chi connectivity index (χ1) is 13.6. The van der Waals surface area contributed by atoms with Gasteiger partial charge in [0.1, 0.15) is 19.8 Å². The molecule has 0 fully saturated rings. The van der Waals surface area contributed by atoms with Gasteiger partial charge in [0.05, 0.1) is 23.3 Å². The SMILES string of the molecule is COC(=O)CN(c1ccc(C(F)(F)F)cc1)S(=O)(=O)c1ccc2c(c1)OCCO2. The predicted molar refractivity (Wildman–Crippen MR) is 95.4 cm³/mol. The maximum absolute atomic E-state index is 13.2. The highest BCUT2D eigenvalue weighted by Crippen LogP contribution is 2.35. The van der Waals surface area contributed by atoms with Crippen LogP contribution in [0.15, 0.2) is 47.4 Å². The molecule has 0 spiro atoms. The highest BCUT2D eigenvalue weighted by atomic mass is 32.2. The Morgan fingerprint density at radius 2 is 1.69 bits per heavy atom. The van der Waals surface area contributed by atoms with Gasteiger partial charge in [-0.25, -0.2) is 8.42 Å². The number of ether oxygens (including phenoxy) is 3. The number of benzene rings is 2. The molecule has 0 radical (unpaired) electrons. The first-order valence-electron chi connectivity index (χ1n) is 8.29. The topological polar surface area (TPSA) is 82.1 Å². The van der Waals surface area contributed by atoms with Crippen LogP contribution in [0.5, 0.6) is 11.5 Å². The molecule has 0 amide bonds. The van der Waals surface area contributed by atoms with Gasteiger partial charge in [0, 0.05) is 6.07 Å². The largest absolute Gasteiger partial charge is 0.486 e. The summed E-state index contributed by atoms with van der Waals surface area (Å²) in [6.45, 7) is -0.168. The van der Waals surface area contributed by atoms with Crippen LogP contribution in [0.25, 0.3) is 0 Å². The van der Waals surface area contributed by atoms with E-state index in [1.807, 2.05) is 0 Å². The Kier molecular flexibility index (Phi) is 5.60. The van der Waals surface area contributed by atoms with E-state index >= 15 is 0 Å². The molecule has 0 atom stereocenters. The van der Waals surface area contributed by atoms with Crippen molar-refractivity contribution in [1.29, 1.82) is 0 Å². The molecule has 156 valence electrons. The molecule has 1 heterocycles. The maximum atomic E-state index is 13.2. The second-order valence-electron chi connectivity index (χ2n) is 5.94. The molecule has 0 aliphatic carbocycles. The molecule has 2 aromatic rings. The number of halogens is 3. The number of hydrogen-bond acceptors (Lipinski definition) is 6. The summed E-state index contributed by atoms with van der Waals surface area (Å²) in [6, 6.07) is 7.32. The lowest BCUT2D eigenvalue weighted by molar-refractivity contribution is -0.139. The number of hydrogen-bond donors (Lipinski definition) is 0. The average Bonchev–Trinajstić information content (AvgIpc) is 2.70. The van der Waals surface area contributed by atoms with Gasteiger partial charge in [-0.05, 0) is 36.4 Å². The lowest BCUT2D eigenvalue weighted by Gasteiger charge is -2.25. The third-order valence-electron chi connectivity index (χ3n) is 4.08. The molecule has 0 unspecified atom stereocenters. The van der Waals surface area contributed by atoms with Gasteiger partial charge in [0.2, 0.25) is 0 Å². The lowest BCUT2D eigenvalue weighted by atomic mass is 10.2. The molecular formula is C18H16F3NO6S. The monoisotopic (exact) mass is 431 g/mol. The molecule has 2 aromatic carbocycles. The van der Waals surface area contributed by atoms with E-state index in [1.54, 1.807) is 0 Å². The summed E-state index contributed by atoms with van der Waals surface area (Å²) in [5, 5.41) is 0. The van der Waals surface area contributed by atoms with Gasteiger partial charge in [-0.3, -0.25) is 9.10 Å². The van der Waals surface area contributed by atoms with Crippen molar-refractivity contribution in [3.63, 3.8) is 0 Å². The summed E-state index contributed by atoms with van der Waals surface area (Å²) in [5.74, 6) is -0.307. The molecule has 0 aromatic heterocycles. The molecular weight excluding hydrogens is 415 g/mol. The van der Waals surface area contributed by atoms with Gasteiger partial charge in [-0.15, -0.1) is 0 Å². The van der Waals surface area contributed by atoms with E-state index in [1.165, 1.54) is 18.2 Å². The number of methoxy groups -OCH3 is 1. The summed E-state index contributed by atoms with van der Waals surface area (Å²) in [4.78, 5) is 11.6. The number of sulfonamides is 1. The smallest absolute Gasteiger partial charge is 0.416 e. The molecule has 29 heavy (non-hydrogen) atoms. The van der Waals surface area contributed by atoms with Crippen molar-refractivity contribution in [2.75, 3.05) is 31.2 Å². The van der Waals surface area contributed by atoms with E-state index in [9.17, 15) is 26.4 Å². The van der Waals surface area contributed by atoms with Crippen LogP contribution in [0, 0.1) is 0 Å². The standard InChI is InChI=1S/C18H16F3NO6S/c1-26-17(23)11-22(13-4-2-12(3-5-13)18(19,20)21)29(24,25)14-6-7-15-16(10-14)28-9-8-27-15/h2-7,10H,8-9,11H2,1H3. The van der Waals surface area contributed by atoms with Crippen LogP contribution >= 0.6 is 0 Å². The van der Waals surface area contributed by atoms with Crippen molar-refractivity contribution in [1.82, 2.24) is 0 Å². The molecule has 0 bridgehead atoms. The Balaban J connectivity index is 2.02. The summed E-state index contributed by atoms with van der Waals surface area (Å²) < 4.78 is 80.7. The number of rotatable bonds is 5. The van der Waals surface area contributed by atoms with Gasteiger partial charge < -0.3 is 14.2 Å². The zero-order valence-electron chi connectivity index (χ0n) is 15.1. The first-order valence-corrected chi connectivity index (χ1v) is 9.73. The van der Waals surface area contributed by atoms with Crippen LogP contribution in [0.4, 0.5) is 18.9 Å². The van der Waals surface area contributed by atoms with E-state index in [4.69, 9.17) is 9.47 Å². The Morgan fingerprint density at radius 1 is 1.07 bits per heavy atom. The van der Waals surface area contributed by atoms with Crippen LogP contribution in [0.2, 0.25) is 0 Å². The normalized spacial score (nSPS) is 13.7. The number of carbonyl (C=O) groups is 1. The quantitative estimate of drug-likeness (QED) is 0.678. The van der Waals surface area contributed by atoms with Gasteiger partial charge in [-0.2, -0.15) is 13.2 Å². The van der Waals surface area contributed by atoms with Crippen molar-refractivity contribution in [3.8, 4) is 11.5 Å². The highest BCUT2D eigenvalue weighted by molar-refractivity contribution is 7.92. The van der Waals surface area contributed by atoms with Crippen LogP contribution in [-0.2, 0) is 25.7 Å². The average molecular weight is 431 g/mol. The van der Waals surface area contributed by atoms with E-state index in [2.05, 4.69) is 4.74 Å². The molecule has 0 N–H and O–H groups in total. The maximum Gasteiger partial charge on any atom is 0.416 e. The minimum atomic E-state index is -4.58. The zero-order chi connectivity index (χ0) is 21.2. The van der Waals surface area contributed by atoms with Crippen LogP contribution in [-0.4, -0.2) is 41.3 Å². The van der Waals surface area contributed by atoms with E-state index < -0.39 is 34.3 Å². The third-order valence-corrected chi connectivity index (χ3v) is 5.85. The number of alkyl halides is 3. The van der Waals surface area contributed by atoms with Gasteiger partial charge >= 0.3 is 12.1 Å². The second-order valence-corrected chi connectivity index (χ2v) is 7.80. The highest BCUT2D eigenvalue weighted by Gasteiger charge is 2.32. The number of esters is 1. The van der Waals surface area contributed by atoms with Crippen LogP contribution < -0.4 is 13.8 Å². The van der Waals surface area contributed by atoms with Crippen LogP contribution in [0.1, 0.15) is 5.56 Å². The molecule has 7 nitrogen and oxygen atoms in total. The third kappa shape index (κ3) is 4.39. The van der Waals surface area contributed by atoms with Gasteiger partial charge in [0.15, 0.2) is 11.5 Å². The zero-order valence-corrected chi connectivity index (χ0v) is 15.9. The fourth-order valence-electron chi connectivity index (χ4n) is 2.62. The fourth-order valence-corrected chi connectivity index (χ4v) is 4.05. The molecule has 0 saturated carbocycles. The van der Waals surface area contributed by atoms with Gasteiger partial charge in [0.25, 0.3) is 10.0 Å². The molecule has 3 rings (SSSR count). The number of nitrogens with zero attached hydrogens (tertiary/aromatic N) is 1. The Labute approximate surface area is 164 Å². The van der Waals surface area contributed by atoms with E-state index in [0.29, 0.717) is 16.7 Å². The lowest BCUT2D eigenvalue weighted by Crippen LogP contribution is -2.36. The summed E-state index contributed by atoms with van der Waals surface area (Å²) in [5.41, 5.74) is -1.07. The van der Waals surface area contributed by atoms with Crippen molar-refractivity contribution in [2.45, 2.75) is 11.1 Å². The van der Waals surface area contributed by atoms with Gasteiger partial charge in [-0.1, -0.05) is 0 Å². The minimum Gasteiger partial charge on any atom is -0.486 e. The molecule has 0 saturated heterocycles. The van der Waals surface area contributed by atoms with E-state index in [0.717, 1.165) is 31.4 Å². The molecule has 11 heteroatoms. The Hall–Kier alpha value is -2.95. The second kappa shape index (κ2) is 7.82. The molecule has 1 aliphatic heterocycles. The number of anilines is 1. The van der Waals surface area contributed by atoms with Crippen molar-refractivity contribution < 1.29 is 40.6 Å². The predicted octanol–water partition coefficient (Wildman–Crippen LogP) is 2.84. The Morgan fingerprint density at radius 3 is 2.28 bits per heavy atom.